The lowest BCUT2D eigenvalue weighted by molar-refractivity contribution is -0.121. The first-order chi connectivity index (χ1) is 12.2. The molecule has 4 nitrogen and oxygen atoms in total. The minimum atomic E-state index is 0. The molecule has 2 N–H and O–H groups in total. The first-order valence-electron chi connectivity index (χ1n) is 9.84. The molecule has 26 heavy (non-hydrogen) atoms. The van der Waals surface area contributed by atoms with Crippen LogP contribution in [0, 0.1) is 5.92 Å². The first-order valence-corrected chi connectivity index (χ1v) is 9.84. The van der Waals surface area contributed by atoms with Gasteiger partial charge in [-0.25, -0.2) is 0 Å². The van der Waals surface area contributed by atoms with Gasteiger partial charge in [-0.05, 0) is 62.4 Å². The Bertz CT molecular complexity index is 550. The fourth-order valence-corrected chi connectivity index (χ4v) is 4.39. The molecule has 5 heteroatoms. The van der Waals surface area contributed by atoms with Gasteiger partial charge in [0.1, 0.15) is 5.75 Å². The molecule has 1 unspecified atom stereocenters. The van der Waals surface area contributed by atoms with Crippen LogP contribution in [0.4, 0.5) is 0 Å². The van der Waals surface area contributed by atoms with Gasteiger partial charge in [0, 0.05) is 18.4 Å². The first kappa shape index (κ1) is 21.0. The molecule has 1 heterocycles. The predicted molar refractivity (Wildman–Crippen MR) is 108 cm³/mol. The maximum atomic E-state index is 12.4. The van der Waals surface area contributed by atoms with Gasteiger partial charge < -0.3 is 15.4 Å². The number of nitrogens with one attached hydrogen (secondary N) is 2. The number of ether oxygens (including phenoxy) is 1. The molecule has 0 spiro atoms. The zero-order chi connectivity index (χ0) is 17.5. The summed E-state index contributed by atoms with van der Waals surface area (Å²) in [5.41, 5.74) is 1.43. The van der Waals surface area contributed by atoms with E-state index in [1.165, 1.54) is 31.2 Å². The summed E-state index contributed by atoms with van der Waals surface area (Å²) in [6, 6.07) is 8.45. The molecule has 1 amide bonds. The van der Waals surface area contributed by atoms with E-state index >= 15 is 0 Å². The molecule has 1 aliphatic heterocycles. The number of carbonyl (C=O) groups is 1. The maximum absolute atomic E-state index is 12.4. The maximum Gasteiger partial charge on any atom is 0.220 e. The summed E-state index contributed by atoms with van der Waals surface area (Å²) in [6.07, 6.45) is 8.99. The highest BCUT2D eigenvalue weighted by molar-refractivity contribution is 5.85. The van der Waals surface area contributed by atoms with Gasteiger partial charge in [-0.1, -0.05) is 31.4 Å². The normalized spacial score (nSPS) is 21.7. The fourth-order valence-electron chi connectivity index (χ4n) is 4.39. The van der Waals surface area contributed by atoms with E-state index in [-0.39, 0.29) is 23.7 Å². The summed E-state index contributed by atoms with van der Waals surface area (Å²) in [5, 5.41) is 6.63. The Balaban J connectivity index is 0.00000243. The lowest BCUT2D eigenvalue weighted by atomic mass is 9.69. The van der Waals surface area contributed by atoms with E-state index in [2.05, 4.69) is 22.8 Å². The van der Waals surface area contributed by atoms with Crippen molar-refractivity contribution in [3.05, 3.63) is 29.8 Å². The van der Waals surface area contributed by atoms with Gasteiger partial charge in [-0.2, -0.15) is 0 Å². The van der Waals surface area contributed by atoms with Crippen LogP contribution in [0.1, 0.15) is 56.9 Å². The van der Waals surface area contributed by atoms with Crippen LogP contribution < -0.4 is 15.4 Å². The Morgan fingerprint density at radius 3 is 2.58 bits per heavy atom. The summed E-state index contributed by atoms with van der Waals surface area (Å²) < 4.78 is 5.29. The van der Waals surface area contributed by atoms with Crippen molar-refractivity contribution in [1.29, 1.82) is 0 Å². The molecule has 1 aliphatic carbocycles. The third kappa shape index (κ3) is 5.37. The fraction of sp³-hybridized carbons (Fsp3) is 0.667. The molecule has 0 bridgehead atoms. The second-order valence-electron chi connectivity index (χ2n) is 7.74. The summed E-state index contributed by atoms with van der Waals surface area (Å²) in [7, 11) is 1.70. The largest absolute Gasteiger partial charge is 0.497 e. The molecule has 1 aromatic carbocycles. The molecular weight excluding hydrogens is 348 g/mol. The van der Waals surface area contributed by atoms with Crippen molar-refractivity contribution in [3.63, 3.8) is 0 Å². The number of halogens is 1. The predicted octanol–water partition coefficient (Wildman–Crippen LogP) is 3.82. The van der Waals surface area contributed by atoms with Crippen molar-refractivity contribution in [2.45, 2.75) is 56.8 Å². The second kappa shape index (κ2) is 10.2. The Morgan fingerprint density at radius 1 is 1.23 bits per heavy atom. The number of hydrogen-bond acceptors (Lipinski definition) is 3. The lowest BCUT2D eigenvalue weighted by Gasteiger charge is -2.38. The van der Waals surface area contributed by atoms with Crippen molar-refractivity contribution < 1.29 is 9.53 Å². The van der Waals surface area contributed by atoms with Crippen molar-refractivity contribution in [1.82, 2.24) is 10.6 Å². The summed E-state index contributed by atoms with van der Waals surface area (Å²) in [6.45, 7) is 2.94. The highest BCUT2D eigenvalue weighted by Crippen LogP contribution is 2.39. The molecule has 1 saturated heterocycles. The quantitative estimate of drug-likeness (QED) is 0.755. The number of rotatable bonds is 7. The third-order valence-corrected chi connectivity index (χ3v) is 6.08. The highest BCUT2D eigenvalue weighted by Gasteiger charge is 2.34. The van der Waals surface area contributed by atoms with Crippen molar-refractivity contribution >= 4 is 18.3 Å². The van der Waals surface area contributed by atoms with Gasteiger partial charge in [0.15, 0.2) is 0 Å². The number of amides is 1. The van der Waals surface area contributed by atoms with E-state index in [1.54, 1.807) is 7.11 Å². The number of hydrogen-bond donors (Lipinski definition) is 2. The number of benzene rings is 1. The molecule has 1 aromatic rings. The monoisotopic (exact) mass is 380 g/mol. The second-order valence-corrected chi connectivity index (χ2v) is 7.74. The van der Waals surface area contributed by atoms with Gasteiger partial charge in [0.05, 0.1) is 7.11 Å². The topological polar surface area (TPSA) is 50.4 Å². The van der Waals surface area contributed by atoms with E-state index in [1.807, 2.05) is 12.1 Å². The SMILES string of the molecule is COc1ccc(C2(CNC(=O)CCC3CCNC3)CCCCC2)cc1.Cl. The molecular formula is C21H33ClN2O2. The molecule has 3 rings (SSSR count). The van der Waals surface area contributed by atoms with E-state index in [9.17, 15) is 4.79 Å². The van der Waals surface area contributed by atoms with Gasteiger partial charge in [-0.15, -0.1) is 12.4 Å². The minimum absolute atomic E-state index is 0. The molecule has 0 aromatic heterocycles. The smallest absolute Gasteiger partial charge is 0.220 e. The standard InChI is InChI=1S/C21H32N2O2.ClH/c1-25-19-8-6-18(7-9-19)21(12-3-2-4-13-21)16-23-20(24)10-5-17-11-14-22-15-17;/h6-9,17,22H,2-5,10-16H2,1H3,(H,23,24);1H. The molecule has 1 atom stereocenters. The summed E-state index contributed by atoms with van der Waals surface area (Å²) in [5.74, 6) is 1.78. The lowest BCUT2D eigenvalue weighted by Crippen LogP contribution is -2.42. The van der Waals surface area contributed by atoms with E-state index < -0.39 is 0 Å². The summed E-state index contributed by atoms with van der Waals surface area (Å²) >= 11 is 0. The minimum Gasteiger partial charge on any atom is -0.497 e. The average Bonchev–Trinajstić information content (AvgIpc) is 3.19. The molecule has 146 valence electrons. The van der Waals surface area contributed by atoms with Crippen LogP contribution in [-0.4, -0.2) is 32.7 Å². The van der Waals surface area contributed by atoms with Crippen LogP contribution in [0.3, 0.4) is 0 Å². The third-order valence-electron chi connectivity index (χ3n) is 6.08. The highest BCUT2D eigenvalue weighted by atomic mass is 35.5. The molecule has 2 fully saturated rings. The van der Waals surface area contributed by atoms with Gasteiger partial charge in [0.25, 0.3) is 0 Å². The molecule has 2 aliphatic rings. The van der Waals surface area contributed by atoms with Crippen LogP contribution in [0.5, 0.6) is 5.75 Å². The Morgan fingerprint density at radius 2 is 1.96 bits per heavy atom. The average molecular weight is 381 g/mol. The van der Waals surface area contributed by atoms with E-state index in [4.69, 9.17) is 4.74 Å². The van der Waals surface area contributed by atoms with Crippen LogP contribution >= 0.6 is 12.4 Å². The van der Waals surface area contributed by atoms with E-state index in [0.29, 0.717) is 12.3 Å². The Labute approximate surface area is 163 Å². The number of methoxy groups -OCH3 is 1. The zero-order valence-corrected chi connectivity index (χ0v) is 16.7. The van der Waals surface area contributed by atoms with Crippen LogP contribution in [0.25, 0.3) is 0 Å². The molecule has 1 saturated carbocycles. The van der Waals surface area contributed by atoms with Gasteiger partial charge >= 0.3 is 0 Å². The number of carbonyl (C=O) groups excluding carboxylic acids is 1. The zero-order valence-electron chi connectivity index (χ0n) is 15.9. The Kier molecular flexibility index (Phi) is 8.23. The summed E-state index contributed by atoms with van der Waals surface area (Å²) in [4.78, 5) is 12.4. The molecule has 0 radical (unpaired) electrons. The van der Waals surface area contributed by atoms with Crippen molar-refractivity contribution in [2.24, 2.45) is 5.92 Å². The van der Waals surface area contributed by atoms with Gasteiger partial charge in [-0.3, -0.25) is 4.79 Å². The van der Waals surface area contributed by atoms with Crippen LogP contribution in [0.2, 0.25) is 0 Å². The van der Waals surface area contributed by atoms with Crippen molar-refractivity contribution in [3.8, 4) is 5.75 Å². The van der Waals surface area contributed by atoms with Crippen LogP contribution in [0.15, 0.2) is 24.3 Å². The van der Waals surface area contributed by atoms with E-state index in [0.717, 1.165) is 44.6 Å². The van der Waals surface area contributed by atoms with Crippen LogP contribution in [-0.2, 0) is 10.2 Å². The van der Waals surface area contributed by atoms with Crippen molar-refractivity contribution in [2.75, 3.05) is 26.7 Å². The van der Waals surface area contributed by atoms with Gasteiger partial charge in [0.2, 0.25) is 5.91 Å². The Hall–Kier alpha value is -1.26.